The summed E-state index contributed by atoms with van der Waals surface area (Å²) in [5, 5.41) is 6.75. The first-order valence-corrected chi connectivity index (χ1v) is 6.51. The normalized spacial score (nSPS) is 10.4. The van der Waals surface area contributed by atoms with Crippen molar-refractivity contribution < 1.29 is 9.59 Å². The smallest absolute Gasteiger partial charge is 0.259 e. The molecule has 0 bridgehead atoms. The van der Waals surface area contributed by atoms with E-state index in [0.29, 0.717) is 11.3 Å². The number of carbonyl (C=O) groups excluding carboxylic acids is 2. The van der Waals surface area contributed by atoms with Crippen molar-refractivity contribution in [2.75, 3.05) is 11.9 Å². The van der Waals surface area contributed by atoms with Crippen LogP contribution in [0.1, 0.15) is 15.9 Å². The molecule has 1 heterocycles. The lowest BCUT2D eigenvalue weighted by atomic mass is 10.2. The van der Waals surface area contributed by atoms with Gasteiger partial charge in [0.2, 0.25) is 5.91 Å². The molecule has 0 aliphatic heterocycles. The Morgan fingerprint density at radius 1 is 1.14 bits per heavy atom. The van der Waals surface area contributed by atoms with Gasteiger partial charge in [-0.05, 0) is 42.0 Å². The zero-order valence-corrected chi connectivity index (χ0v) is 11.7. The van der Waals surface area contributed by atoms with Gasteiger partial charge in [-0.15, -0.1) is 0 Å². The molecule has 7 heteroatoms. The largest absolute Gasteiger partial charge is 0.376 e. The number of aromatic nitrogens is 1. The second-order valence-corrected chi connectivity index (χ2v) is 4.37. The van der Waals surface area contributed by atoms with E-state index >= 15 is 0 Å². The van der Waals surface area contributed by atoms with Gasteiger partial charge in [-0.25, -0.2) is 5.43 Å². The molecule has 2 aromatic rings. The third-order valence-electron chi connectivity index (χ3n) is 2.73. The lowest BCUT2D eigenvalue weighted by molar-refractivity contribution is -0.119. The van der Waals surface area contributed by atoms with Gasteiger partial charge in [0.1, 0.15) is 0 Å². The van der Waals surface area contributed by atoms with Crippen LogP contribution in [0.5, 0.6) is 0 Å². The fourth-order valence-electron chi connectivity index (χ4n) is 1.60. The summed E-state index contributed by atoms with van der Waals surface area (Å²) in [7, 11) is 0. The number of pyridine rings is 1. The maximum Gasteiger partial charge on any atom is 0.259 e. The van der Waals surface area contributed by atoms with Gasteiger partial charge in [0.15, 0.2) is 0 Å². The first-order chi connectivity index (χ1) is 10.6. The maximum absolute atomic E-state index is 11.6. The molecule has 0 fully saturated rings. The van der Waals surface area contributed by atoms with Crippen molar-refractivity contribution in [3.8, 4) is 0 Å². The fraction of sp³-hybridized carbons (Fsp3) is 0.0667. The number of hydrazone groups is 1. The topological polar surface area (TPSA) is 109 Å². The Morgan fingerprint density at radius 3 is 2.45 bits per heavy atom. The van der Waals surface area contributed by atoms with E-state index in [9.17, 15) is 9.59 Å². The van der Waals surface area contributed by atoms with Crippen LogP contribution in [0.3, 0.4) is 0 Å². The first-order valence-electron chi connectivity index (χ1n) is 6.51. The van der Waals surface area contributed by atoms with Gasteiger partial charge < -0.3 is 11.1 Å². The highest BCUT2D eigenvalue weighted by atomic mass is 16.2. The molecule has 7 nitrogen and oxygen atoms in total. The Kier molecular flexibility index (Phi) is 5.20. The van der Waals surface area contributed by atoms with E-state index in [0.717, 1.165) is 5.56 Å². The average Bonchev–Trinajstić information content (AvgIpc) is 2.54. The van der Waals surface area contributed by atoms with Crippen LogP contribution >= 0.6 is 0 Å². The van der Waals surface area contributed by atoms with E-state index < -0.39 is 5.91 Å². The minimum atomic E-state index is -0.491. The molecule has 0 saturated heterocycles. The van der Waals surface area contributed by atoms with Crippen LogP contribution in [0, 0.1) is 0 Å². The van der Waals surface area contributed by atoms with Crippen LogP contribution in [0.4, 0.5) is 5.69 Å². The Hall–Kier alpha value is -3.22. The number of anilines is 1. The highest BCUT2D eigenvalue weighted by Gasteiger charge is 2.01. The molecule has 2 amide bonds. The zero-order chi connectivity index (χ0) is 15.8. The van der Waals surface area contributed by atoms with Crippen LogP contribution in [0.2, 0.25) is 0 Å². The van der Waals surface area contributed by atoms with Gasteiger partial charge in [0.25, 0.3) is 5.91 Å². The lowest BCUT2D eigenvalue weighted by Gasteiger charge is -2.05. The van der Waals surface area contributed by atoms with Crippen molar-refractivity contribution in [3.05, 3.63) is 59.9 Å². The molecule has 112 valence electrons. The number of benzene rings is 1. The van der Waals surface area contributed by atoms with Gasteiger partial charge in [-0.1, -0.05) is 0 Å². The number of carbonyl (C=O) groups is 2. The van der Waals surface area contributed by atoms with Crippen LogP contribution in [-0.4, -0.2) is 29.6 Å². The highest BCUT2D eigenvalue weighted by Crippen LogP contribution is 2.08. The summed E-state index contributed by atoms with van der Waals surface area (Å²) in [6, 6.07) is 10.1. The van der Waals surface area contributed by atoms with E-state index in [1.807, 2.05) is 0 Å². The third kappa shape index (κ3) is 4.71. The number of hydrogen-bond acceptors (Lipinski definition) is 5. The molecule has 4 N–H and O–H groups in total. The number of nitrogens with two attached hydrogens (primary N) is 1. The van der Waals surface area contributed by atoms with E-state index in [4.69, 9.17) is 5.73 Å². The fourth-order valence-corrected chi connectivity index (χ4v) is 1.60. The van der Waals surface area contributed by atoms with E-state index in [1.165, 1.54) is 6.21 Å². The SMILES string of the molecule is NC(=O)c1ccc(NCC(=O)N/N=C/c2ccncc2)cc1. The van der Waals surface area contributed by atoms with Crippen LogP contribution in [-0.2, 0) is 4.79 Å². The summed E-state index contributed by atoms with van der Waals surface area (Å²) in [5.74, 6) is -0.779. The lowest BCUT2D eigenvalue weighted by Crippen LogP contribution is -2.25. The van der Waals surface area contributed by atoms with E-state index in [2.05, 4.69) is 20.8 Å². The van der Waals surface area contributed by atoms with E-state index in [1.54, 1.807) is 48.8 Å². The molecule has 0 unspecified atom stereocenters. The molecule has 0 radical (unpaired) electrons. The van der Waals surface area contributed by atoms with Gasteiger partial charge in [-0.2, -0.15) is 5.10 Å². The van der Waals surface area contributed by atoms with E-state index in [-0.39, 0.29) is 12.5 Å². The van der Waals surface area contributed by atoms with Crippen molar-refractivity contribution in [1.29, 1.82) is 0 Å². The molecular weight excluding hydrogens is 282 g/mol. The second kappa shape index (κ2) is 7.53. The minimum absolute atomic E-state index is 0.0591. The van der Waals surface area contributed by atoms with Crippen molar-refractivity contribution in [2.24, 2.45) is 10.8 Å². The summed E-state index contributed by atoms with van der Waals surface area (Å²) < 4.78 is 0. The number of nitrogens with one attached hydrogen (secondary N) is 2. The van der Waals surface area contributed by atoms with Gasteiger partial charge >= 0.3 is 0 Å². The number of nitrogens with zero attached hydrogens (tertiary/aromatic N) is 2. The number of amides is 2. The van der Waals surface area contributed by atoms with Crippen LogP contribution in [0.25, 0.3) is 0 Å². The van der Waals surface area contributed by atoms with Crippen molar-refractivity contribution in [1.82, 2.24) is 10.4 Å². The third-order valence-corrected chi connectivity index (χ3v) is 2.73. The second-order valence-electron chi connectivity index (χ2n) is 4.37. The maximum atomic E-state index is 11.6. The van der Waals surface area contributed by atoms with Crippen molar-refractivity contribution >= 4 is 23.7 Å². The highest BCUT2D eigenvalue weighted by molar-refractivity contribution is 5.93. The molecule has 22 heavy (non-hydrogen) atoms. The molecule has 0 spiro atoms. The van der Waals surface area contributed by atoms with Crippen LogP contribution in [0.15, 0.2) is 53.9 Å². The standard InChI is InChI=1S/C15H15N5O2/c16-15(22)12-1-3-13(4-2-12)18-10-14(21)20-19-9-11-5-7-17-8-6-11/h1-9,18H,10H2,(H2,16,22)(H,20,21)/b19-9+. The Balaban J connectivity index is 1.78. The summed E-state index contributed by atoms with van der Waals surface area (Å²) in [4.78, 5) is 26.4. The van der Waals surface area contributed by atoms with Crippen molar-refractivity contribution in [3.63, 3.8) is 0 Å². The first kappa shape index (κ1) is 15.2. The average molecular weight is 297 g/mol. The van der Waals surface area contributed by atoms with Gasteiger partial charge in [0, 0.05) is 23.6 Å². The summed E-state index contributed by atoms with van der Waals surface area (Å²) in [6.07, 6.45) is 4.81. The molecule has 0 saturated carbocycles. The molecule has 0 aliphatic carbocycles. The summed E-state index contributed by atoms with van der Waals surface area (Å²) >= 11 is 0. The predicted molar refractivity (Wildman–Crippen MR) is 83.4 cm³/mol. The number of primary amides is 1. The van der Waals surface area contributed by atoms with Crippen molar-refractivity contribution in [2.45, 2.75) is 0 Å². The monoisotopic (exact) mass is 297 g/mol. The number of hydrogen-bond donors (Lipinski definition) is 3. The van der Waals surface area contributed by atoms with Gasteiger partial charge in [0.05, 0.1) is 12.8 Å². The Labute approximate surface area is 127 Å². The summed E-state index contributed by atoms with van der Waals surface area (Å²) in [5.41, 5.74) is 9.51. The predicted octanol–water partition coefficient (Wildman–Crippen LogP) is 0.743. The molecule has 1 aromatic heterocycles. The number of rotatable bonds is 6. The van der Waals surface area contributed by atoms with Crippen LogP contribution < -0.4 is 16.5 Å². The molecule has 0 aliphatic rings. The quantitative estimate of drug-likeness (QED) is 0.539. The zero-order valence-electron chi connectivity index (χ0n) is 11.7. The Morgan fingerprint density at radius 2 is 1.82 bits per heavy atom. The Bertz CT molecular complexity index is 668. The summed E-state index contributed by atoms with van der Waals surface area (Å²) in [6.45, 7) is 0.0591. The minimum Gasteiger partial charge on any atom is -0.376 e. The molecule has 2 rings (SSSR count). The molecule has 0 atom stereocenters. The molecule has 1 aromatic carbocycles. The molecular formula is C15H15N5O2. The van der Waals surface area contributed by atoms with Gasteiger partial charge in [-0.3, -0.25) is 14.6 Å².